The predicted octanol–water partition coefficient (Wildman–Crippen LogP) is 2.94. The highest BCUT2D eigenvalue weighted by Crippen LogP contribution is 2.07. The smallest absolute Gasteiger partial charge is 0.292 e. The predicted molar refractivity (Wildman–Crippen MR) is 53.6 cm³/mol. The average molecular weight is 188 g/mol. The van der Waals surface area contributed by atoms with Crippen molar-refractivity contribution < 1.29 is 9.22 Å². The van der Waals surface area contributed by atoms with Crippen LogP contribution in [-0.2, 0) is 9.22 Å². The number of hydrogen-bond donors (Lipinski definition) is 0. The van der Waals surface area contributed by atoms with Crippen LogP contribution < -0.4 is 0 Å². The second-order valence-electron chi connectivity index (χ2n) is 4.04. The fourth-order valence-electron chi connectivity index (χ4n) is 0.912. The second-order valence-corrected chi connectivity index (χ2v) is 8.47. The number of carbonyl (C=O) groups is 1. The van der Waals surface area contributed by atoms with E-state index in [1.807, 2.05) is 19.6 Å². The molecule has 0 radical (unpaired) electrons. The van der Waals surface area contributed by atoms with Crippen molar-refractivity contribution in [3.63, 3.8) is 0 Å². The zero-order chi connectivity index (χ0) is 9.61. The summed E-state index contributed by atoms with van der Waals surface area (Å²) in [5, 5.41) is 0. The van der Waals surface area contributed by atoms with E-state index in [9.17, 15) is 4.79 Å². The molecule has 0 saturated carbocycles. The van der Waals surface area contributed by atoms with Crippen molar-refractivity contribution in [3.8, 4) is 0 Å². The number of carbonyl (C=O) groups excluding carboxylic acids is 1. The summed E-state index contributed by atoms with van der Waals surface area (Å²) in [7, 11) is -1.63. The maximum Gasteiger partial charge on any atom is 0.292 e. The van der Waals surface area contributed by atoms with E-state index < -0.39 is 8.32 Å². The summed E-state index contributed by atoms with van der Waals surface area (Å²) < 4.78 is 5.28. The summed E-state index contributed by atoms with van der Waals surface area (Å²) in [6.07, 6.45) is 3.85. The molecule has 0 aliphatic heterocycles. The van der Waals surface area contributed by atoms with Crippen LogP contribution in [0, 0.1) is 0 Å². The monoisotopic (exact) mass is 188 g/mol. The van der Waals surface area contributed by atoms with E-state index in [1.54, 1.807) is 0 Å². The fourth-order valence-corrected chi connectivity index (χ4v) is 1.70. The van der Waals surface area contributed by atoms with Crippen molar-refractivity contribution in [3.05, 3.63) is 0 Å². The second kappa shape index (κ2) is 5.35. The Morgan fingerprint density at radius 3 is 2.25 bits per heavy atom. The molecule has 12 heavy (non-hydrogen) atoms. The van der Waals surface area contributed by atoms with Gasteiger partial charge in [-0.05, 0) is 26.1 Å². The molecule has 0 rings (SSSR count). The summed E-state index contributed by atoms with van der Waals surface area (Å²) in [6.45, 7) is 8.23. The molecule has 0 N–H and O–H groups in total. The van der Waals surface area contributed by atoms with Crippen molar-refractivity contribution in [1.82, 2.24) is 0 Å². The van der Waals surface area contributed by atoms with Gasteiger partial charge in [-0.2, -0.15) is 0 Å². The molecule has 0 fully saturated rings. The zero-order valence-corrected chi connectivity index (χ0v) is 9.64. The molecule has 72 valence electrons. The lowest BCUT2D eigenvalue weighted by Crippen LogP contribution is -2.28. The maximum atomic E-state index is 11.1. The molecule has 0 aromatic heterocycles. The molecule has 0 unspecified atom stereocenters. The van der Waals surface area contributed by atoms with Gasteiger partial charge in [0.15, 0.2) is 0 Å². The molecule has 0 aliphatic rings. The van der Waals surface area contributed by atoms with Crippen LogP contribution in [0.2, 0.25) is 19.6 Å². The standard InChI is InChI=1S/C9H20O2Si/c1-5-6-7-8-9(10)11-12(2,3)4/h5-8H2,1-4H3. The first-order valence-corrected chi connectivity index (χ1v) is 8.08. The molecule has 0 saturated heterocycles. The van der Waals surface area contributed by atoms with E-state index >= 15 is 0 Å². The normalized spacial score (nSPS) is 11.3. The van der Waals surface area contributed by atoms with Gasteiger partial charge in [-0.25, -0.2) is 0 Å². The Hall–Kier alpha value is -0.313. The third-order valence-corrected chi connectivity index (χ3v) is 2.24. The maximum absolute atomic E-state index is 11.1. The molecule has 0 aliphatic carbocycles. The molecule has 0 heterocycles. The molecule has 2 nitrogen and oxygen atoms in total. The van der Waals surface area contributed by atoms with Gasteiger partial charge in [0.05, 0.1) is 0 Å². The van der Waals surface area contributed by atoms with Crippen LogP contribution >= 0.6 is 0 Å². The van der Waals surface area contributed by atoms with Crippen molar-refractivity contribution in [2.75, 3.05) is 0 Å². The summed E-state index contributed by atoms with van der Waals surface area (Å²) in [4.78, 5) is 11.1. The molecule has 0 amide bonds. The Bertz CT molecular complexity index is 138. The van der Waals surface area contributed by atoms with Gasteiger partial charge in [0.2, 0.25) is 8.32 Å². The Labute approximate surface area is 76.4 Å². The lowest BCUT2D eigenvalue weighted by Gasteiger charge is -2.16. The van der Waals surface area contributed by atoms with Crippen molar-refractivity contribution in [1.29, 1.82) is 0 Å². The Morgan fingerprint density at radius 1 is 1.25 bits per heavy atom. The van der Waals surface area contributed by atoms with Gasteiger partial charge in [-0.15, -0.1) is 0 Å². The van der Waals surface area contributed by atoms with Crippen LogP contribution in [0.5, 0.6) is 0 Å². The van der Waals surface area contributed by atoms with E-state index in [-0.39, 0.29) is 5.97 Å². The van der Waals surface area contributed by atoms with Gasteiger partial charge in [0.25, 0.3) is 5.97 Å². The highest BCUT2D eigenvalue weighted by atomic mass is 28.4. The third kappa shape index (κ3) is 7.79. The van der Waals surface area contributed by atoms with Crippen LogP contribution in [-0.4, -0.2) is 14.3 Å². The summed E-state index contributed by atoms with van der Waals surface area (Å²) >= 11 is 0. The number of unbranched alkanes of at least 4 members (excludes halogenated alkanes) is 2. The Kier molecular flexibility index (Phi) is 5.21. The van der Waals surface area contributed by atoms with Crippen molar-refractivity contribution in [2.24, 2.45) is 0 Å². The lowest BCUT2D eigenvalue weighted by molar-refractivity contribution is -0.135. The molecular weight excluding hydrogens is 168 g/mol. The minimum absolute atomic E-state index is 0.0115. The summed E-state index contributed by atoms with van der Waals surface area (Å²) in [6, 6.07) is 0. The van der Waals surface area contributed by atoms with Gasteiger partial charge >= 0.3 is 0 Å². The first-order valence-electron chi connectivity index (χ1n) is 4.67. The quantitative estimate of drug-likeness (QED) is 0.490. The number of rotatable bonds is 5. The summed E-state index contributed by atoms with van der Waals surface area (Å²) in [5.41, 5.74) is 0. The van der Waals surface area contributed by atoms with Gasteiger partial charge < -0.3 is 4.43 Å². The minimum Gasteiger partial charge on any atom is -0.520 e. The Morgan fingerprint density at radius 2 is 1.83 bits per heavy atom. The van der Waals surface area contributed by atoms with Crippen LogP contribution in [0.4, 0.5) is 0 Å². The van der Waals surface area contributed by atoms with Crippen LogP contribution in [0.25, 0.3) is 0 Å². The molecule has 3 heteroatoms. The summed E-state index contributed by atoms with van der Waals surface area (Å²) in [5.74, 6) is -0.0115. The van der Waals surface area contributed by atoms with Gasteiger partial charge in [0.1, 0.15) is 0 Å². The fraction of sp³-hybridized carbons (Fsp3) is 0.889. The SMILES string of the molecule is CCCCCC(=O)O[Si](C)(C)C. The molecule has 0 bridgehead atoms. The molecule has 0 atom stereocenters. The molecule has 0 spiro atoms. The van der Waals surface area contributed by atoms with E-state index in [1.165, 1.54) is 0 Å². The van der Waals surface area contributed by atoms with Crippen LogP contribution in [0.3, 0.4) is 0 Å². The zero-order valence-electron chi connectivity index (χ0n) is 8.64. The van der Waals surface area contributed by atoms with E-state index in [0.717, 1.165) is 19.3 Å². The molecule has 0 aromatic rings. The average Bonchev–Trinajstić information content (AvgIpc) is 1.84. The van der Waals surface area contributed by atoms with Crippen LogP contribution in [0.15, 0.2) is 0 Å². The first-order chi connectivity index (χ1) is 5.45. The highest BCUT2D eigenvalue weighted by molar-refractivity contribution is 6.71. The minimum atomic E-state index is -1.63. The van der Waals surface area contributed by atoms with E-state index in [2.05, 4.69) is 6.92 Å². The van der Waals surface area contributed by atoms with Gasteiger partial charge in [0, 0.05) is 6.42 Å². The first kappa shape index (κ1) is 11.7. The molecular formula is C9H20O2Si. The lowest BCUT2D eigenvalue weighted by atomic mass is 10.2. The molecule has 0 aromatic carbocycles. The van der Waals surface area contributed by atoms with Crippen molar-refractivity contribution in [2.45, 2.75) is 52.2 Å². The van der Waals surface area contributed by atoms with Gasteiger partial charge in [-0.1, -0.05) is 19.8 Å². The van der Waals surface area contributed by atoms with Crippen molar-refractivity contribution >= 4 is 14.3 Å². The van der Waals surface area contributed by atoms with Gasteiger partial charge in [-0.3, -0.25) is 4.79 Å². The largest absolute Gasteiger partial charge is 0.520 e. The Balaban J connectivity index is 3.47. The van der Waals surface area contributed by atoms with E-state index in [4.69, 9.17) is 4.43 Å². The topological polar surface area (TPSA) is 26.3 Å². The highest BCUT2D eigenvalue weighted by Gasteiger charge is 2.18. The third-order valence-electron chi connectivity index (χ3n) is 1.40. The van der Waals surface area contributed by atoms with E-state index in [0.29, 0.717) is 6.42 Å². The number of hydrogen-bond acceptors (Lipinski definition) is 2. The van der Waals surface area contributed by atoms with Crippen LogP contribution in [0.1, 0.15) is 32.6 Å².